The number of aryl methyl sites for hydroxylation is 1. The first-order chi connectivity index (χ1) is 10.6. The van der Waals surface area contributed by atoms with Crippen molar-refractivity contribution in [3.8, 4) is 0 Å². The number of rotatable bonds is 5. The third kappa shape index (κ3) is 3.54. The van der Waals surface area contributed by atoms with Crippen LogP contribution in [0.2, 0.25) is 0 Å². The Bertz CT molecular complexity index is 586. The molecule has 2 saturated heterocycles. The minimum Gasteiger partial charge on any atom is -0.377 e. The van der Waals surface area contributed by atoms with E-state index in [-0.39, 0.29) is 0 Å². The van der Waals surface area contributed by atoms with Crippen molar-refractivity contribution in [3.05, 3.63) is 17.0 Å². The lowest BCUT2D eigenvalue weighted by molar-refractivity contribution is 0.0617. The minimum atomic E-state index is -3.31. The Kier molecular flexibility index (Phi) is 5.19. The second-order valence-electron chi connectivity index (χ2n) is 5.91. The van der Waals surface area contributed by atoms with E-state index < -0.39 is 10.0 Å². The van der Waals surface area contributed by atoms with Crippen LogP contribution in [0.1, 0.15) is 24.6 Å². The Labute approximate surface area is 136 Å². The van der Waals surface area contributed by atoms with Crippen LogP contribution in [0.5, 0.6) is 0 Å². The van der Waals surface area contributed by atoms with Gasteiger partial charge in [0.15, 0.2) is 0 Å². The predicted molar refractivity (Wildman–Crippen MR) is 87.9 cm³/mol. The maximum atomic E-state index is 12.7. The topological polar surface area (TPSA) is 49.9 Å². The summed E-state index contributed by atoms with van der Waals surface area (Å²) in [5.41, 5.74) is 0. The van der Waals surface area contributed by atoms with Crippen LogP contribution in [0.25, 0.3) is 0 Å². The zero-order valence-electron chi connectivity index (χ0n) is 13.0. The highest BCUT2D eigenvalue weighted by Gasteiger charge is 2.30. The maximum absolute atomic E-state index is 12.7. The predicted octanol–water partition coefficient (Wildman–Crippen LogP) is 1.80. The first-order valence-corrected chi connectivity index (χ1v) is 10.3. The van der Waals surface area contributed by atoms with E-state index in [0.717, 1.165) is 50.4 Å². The van der Waals surface area contributed by atoms with Gasteiger partial charge in [0, 0.05) is 44.2 Å². The molecule has 2 aliphatic rings. The average molecular weight is 345 g/mol. The molecule has 2 aliphatic heterocycles. The van der Waals surface area contributed by atoms with Crippen LogP contribution in [-0.2, 0) is 21.2 Å². The highest BCUT2D eigenvalue weighted by molar-refractivity contribution is 7.91. The Hall–Kier alpha value is -0.470. The summed E-state index contributed by atoms with van der Waals surface area (Å²) < 4.78 is 33.1. The molecule has 2 fully saturated rings. The molecule has 0 radical (unpaired) electrons. The Morgan fingerprint density at radius 2 is 2.05 bits per heavy atom. The van der Waals surface area contributed by atoms with Crippen LogP contribution in [0.15, 0.2) is 16.3 Å². The fourth-order valence-corrected chi connectivity index (χ4v) is 5.91. The summed E-state index contributed by atoms with van der Waals surface area (Å²) >= 11 is 1.40. The summed E-state index contributed by atoms with van der Waals surface area (Å²) in [6.45, 7) is 6.61. The van der Waals surface area contributed by atoms with E-state index in [1.54, 1.807) is 10.4 Å². The number of piperazine rings is 1. The van der Waals surface area contributed by atoms with Gasteiger partial charge in [0.1, 0.15) is 4.21 Å². The number of nitrogens with zero attached hydrogens (tertiary/aromatic N) is 2. The number of hydrogen-bond acceptors (Lipinski definition) is 5. The third-order valence-corrected chi connectivity index (χ3v) is 7.99. The van der Waals surface area contributed by atoms with E-state index in [9.17, 15) is 8.42 Å². The molecule has 0 aromatic carbocycles. The van der Waals surface area contributed by atoms with Crippen LogP contribution in [-0.4, -0.2) is 63.1 Å². The summed E-state index contributed by atoms with van der Waals surface area (Å²) in [6.07, 6.45) is 3.51. The zero-order valence-corrected chi connectivity index (χ0v) is 14.7. The average Bonchev–Trinajstić information content (AvgIpc) is 3.19. The van der Waals surface area contributed by atoms with Crippen LogP contribution in [0, 0.1) is 0 Å². The molecule has 124 valence electrons. The standard InChI is InChI=1S/C15H24N2O3S2/c1-2-14-5-6-15(21-14)22(18,19)17-9-7-16(8-10-17)12-13-4-3-11-20-13/h5-6,13H,2-4,7-12H2,1H3. The van der Waals surface area contributed by atoms with Crippen molar-refractivity contribution in [2.24, 2.45) is 0 Å². The SMILES string of the molecule is CCc1ccc(S(=O)(=O)N2CCN(CC3CCCO3)CC2)s1. The molecule has 0 N–H and O–H groups in total. The molecule has 7 heteroatoms. The quantitative estimate of drug-likeness (QED) is 0.817. The molecule has 1 atom stereocenters. The van der Waals surface area contributed by atoms with Gasteiger partial charge in [0.25, 0.3) is 10.0 Å². The van der Waals surface area contributed by atoms with Crippen molar-refractivity contribution in [3.63, 3.8) is 0 Å². The summed E-state index contributed by atoms with van der Waals surface area (Å²) in [6, 6.07) is 3.67. The molecule has 0 aliphatic carbocycles. The maximum Gasteiger partial charge on any atom is 0.252 e. The van der Waals surface area contributed by atoms with Crippen LogP contribution >= 0.6 is 11.3 Å². The summed E-state index contributed by atoms with van der Waals surface area (Å²) in [7, 11) is -3.31. The molecule has 1 unspecified atom stereocenters. The number of hydrogen-bond donors (Lipinski definition) is 0. The molecule has 5 nitrogen and oxygen atoms in total. The molecule has 22 heavy (non-hydrogen) atoms. The molecule has 3 heterocycles. The van der Waals surface area contributed by atoms with Crippen molar-refractivity contribution in [2.75, 3.05) is 39.3 Å². The van der Waals surface area contributed by atoms with Gasteiger partial charge in [-0.15, -0.1) is 11.3 Å². The first-order valence-electron chi connectivity index (χ1n) is 8.02. The van der Waals surface area contributed by atoms with Gasteiger partial charge >= 0.3 is 0 Å². The molecule has 1 aromatic heterocycles. The summed E-state index contributed by atoms with van der Waals surface area (Å²) in [5.74, 6) is 0. The lowest BCUT2D eigenvalue weighted by Crippen LogP contribution is -2.50. The van der Waals surface area contributed by atoms with Gasteiger partial charge in [-0.1, -0.05) is 6.92 Å². The second kappa shape index (κ2) is 6.97. The van der Waals surface area contributed by atoms with Crippen molar-refractivity contribution in [1.29, 1.82) is 0 Å². The van der Waals surface area contributed by atoms with Gasteiger partial charge in [-0.05, 0) is 31.4 Å². The minimum absolute atomic E-state index is 0.340. The third-order valence-electron chi connectivity index (χ3n) is 4.40. The number of thiophene rings is 1. The monoisotopic (exact) mass is 344 g/mol. The van der Waals surface area contributed by atoms with Crippen LogP contribution < -0.4 is 0 Å². The number of ether oxygens (including phenoxy) is 1. The molecule has 0 bridgehead atoms. The fourth-order valence-electron chi connectivity index (χ4n) is 3.04. The van der Waals surface area contributed by atoms with Crippen molar-refractivity contribution in [2.45, 2.75) is 36.5 Å². The van der Waals surface area contributed by atoms with Crippen molar-refractivity contribution >= 4 is 21.4 Å². The van der Waals surface area contributed by atoms with Crippen molar-refractivity contribution in [1.82, 2.24) is 9.21 Å². The van der Waals surface area contributed by atoms with E-state index in [0.29, 0.717) is 23.4 Å². The van der Waals surface area contributed by atoms with Gasteiger partial charge in [0.2, 0.25) is 0 Å². The zero-order chi connectivity index (χ0) is 15.6. The molecule has 0 spiro atoms. The van der Waals surface area contributed by atoms with Gasteiger partial charge in [-0.25, -0.2) is 8.42 Å². The Balaban J connectivity index is 1.57. The molecular formula is C15H24N2O3S2. The molecule has 0 saturated carbocycles. The highest BCUT2D eigenvalue weighted by Crippen LogP contribution is 2.26. The van der Waals surface area contributed by atoms with E-state index in [1.807, 2.05) is 13.0 Å². The lowest BCUT2D eigenvalue weighted by atomic mass is 10.2. The van der Waals surface area contributed by atoms with E-state index in [4.69, 9.17) is 4.74 Å². The Morgan fingerprint density at radius 1 is 1.27 bits per heavy atom. The summed E-state index contributed by atoms with van der Waals surface area (Å²) in [5, 5.41) is 0. The van der Waals surface area contributed by atoms with Gasteiger partial charge in [0.05, 0.1) is 6.10 Å². The molecule has 1 aromatic rings. The van der Waals surface area contributed by atoms with Crippen LogP contribution in [0.4, 0.5) is 0 Å². The Morgan fingerprint density at radius 3 is 2.64 bits per heavy atom. The molecule has 0 amide bonds. The van der Waals surface area contributed by atoms with E-state index in [1.165, 1.54) is 11.3 Å². The second-order valence-corrected chi connectivity index (χ2v) is 9.25. The fraction of sp³-hybridized carbons (Fsp3) is 0.733. The lowest BCUT2D eigenvalue weighted by Gasteiger charge is -2.34. The number of sulfonamides is 1. The van der Waals surface area contributed by atoms with E-state index in [2.05, 4.69) is 4.90 Å². The van der Waals surface area contributed by atoms with Gasteiger partial charge in [-0.3, -0.25) is 4.90 Å². The normalized spacial score (nSPS) is 24.9. The van der Waals surface area contributed by atoms with Crippen LogP contribution in [0.3, 0.4) is 0 Å². The van der Waals surface area contributed by atoms with Gasteiger partial charge in [-0.2, -0.15) is 4.31 Å². The highest BCUT2D eigenvalue weighted by atomic mass is 32.2. The first kappa shape index (κ1) is 16.4. The molecular weight excluding hydrogens is 320 g/mol. The smallest absolute Gasteiger partial charge is 0.252 e. The van der Waals surface area contributed by atoms with Gasteiger partial charge < -0.3 is 4.74 Å². The molecule has 3 rings (SSSR count). The largest absolute Gasteiger partial charge is 0.377 e. The van der Waals surface area contributed by atoms with E-state index >= 15 is 0 Å². The van der Waals surface area contributed by atoms with Crippen molar-refractivity contribution < 1.29 is 13.2 Å². The summed E-state index contributed by atoms with van der Waals surface area (Å²) in [4.78, 5) is 3.45.